The molecule has 0 aromatic rings. The molecule has 0 heterocycles. The van der Waals surface area contributed by atoms with Crippen molar-refractivity contribution < 1.29 is 46.4 Å². The van der Waals surface area contributed by atoms with E-state index >= 15 is 0 Å². The summed E-state index contributed by atoms with van der Waals surface area (Å²) in [5, 5.41) is 13.5. The van der Waals surface area contributed by atoms with E-state index in [0.29, 0.717) is 12.9 Å². The molecule has 0 bridgehead atoms. The van der Waals surface area contributed by atoms with Gasteiger partial charge in [-0.25, -0.2) is 0 Å². The molecule has 0 aliphatic heterocycles. The molecule has 1 radical (unpaired) electrons. The van der Waals surface area contributed by atoms with Crippen LogP contribution in [0.1, 0.15) is 0 Å². The molecule has 0 aromatic carbocycles. The standard InChI is InChI=1S/C4H5O2.2CHO2.Fe/c1-2-3-6-4-5;2*2-1-3;/h2H,1,3H2;2*(H,2,3);/q3*-1;+3. The molecule has 75 valence electrons. The van der Waals surface area contributed by atoms with E-state index in [9.17, 15) is 0 Å². The van der Waals surface area contributed by atoms with Gasteiger partial charge >= 0.3 is 17.1 Å². The Morgan fingerprint density at radius 1 is 1.23 bits per heavy atom. The smallest absolute Gasteiger partial charge is 0.665 e. The van der Waals surface area contributed by atoms with Crippen molar-refractivity contribution in [3.8, 4) is 0 Å². The molecule has 13 heavy (non-hydrogen) atoms. The number of ether oxygens (including phenoxy) is 1. The zero-order valence-corrected chi connectivity index (χ0v) is 7.48. The predicted octanol–water partition coefficient (Wildman–Crippen LogP) is -0.523. The van der Waals surface area contributed by atoms with E-state index in [2.05, 4.69) is 11.3 Å². The normalized spacial score (nSPS) is 4.92. The molecule has 0 rings (SSSR count). The summed E-state index contributed by atoms with van der Waals surface area (Å²) in [5.41, 5.74) is 0. The van der Waals surface area contributed by atoms with Gasteiger partial charge in [0, 0.05) is 0 Å². The molecule has 0 saturated heterocycles. The van der Waals surface area contributed by atoms with E-state index in [4.69, 9.17) is 24.6 Å². The zero-order valence-electron chi connectivity index (χ0n) is 6.37. The third-order valence-corrected chi connectivity index (χ3v) is 0.260. The minimum Gasteiger partial charge on any atom is -0.665 e. The largest absolute Gasteiger partial charge is 3.00 e. The van der Waals surface area contributed by atoms with Crippen molar-refractivity contribution in [2.75, 3.05) is 6.61 Å². The first-order valence-electron chi connectivity index (χ1n) is 2.37. The molecule has 0 unspecified atom stereocenters. The number of hydrogen-bond acceptors (Lipinski definition) is 4. The minimum absolute atomic E-state index is 0. The fourth-order valence-electron chi connectivity index (χ4n) is 0.0929. The molecule has 7 heteroatoms. The van der Waals surface area contributed by atoms with Crippen LogP contribution < -0.4 is 0 Å². The second-order valence-electron chi connectivity index (χ2n) is 0.866. The van der Waals surface area contributed by atoms with Crippen molar-refractivity contribution in [1.29, 1.82) is 0 Å². The van der Waals surface area contributed by atoms with E-state index in [1.54, 1.807) is 0 Å². The van der Waals surface area contributed by atoms with Crippen LogP contribution in [0.2, 0.25) is 0 Å². The van der Waals surface area contributed by atoms with Gasteiger partial charge in [-0.3, -0.25) is 0 Å². The van der Waals surface area contributed by atoms with Gasteiger partial charge in [0.05, 0.1) is 6.61 Å². The van der Waals surface area contributed by atoms with Crippen molar-refractivity contribution in [2.45, 2.75) is 0 Å². The van der Waals surface area contributed by atoms with Gasteiger partial charge < -0.3 is 29.3 Å². The Hall–Kier alpha value is -1.33. The monoisotopic (exact) mass is 231 g/mol. The van der Waals surface area contributed by atoms with Gasteiger partial charge in [-0.2, -0.15) is 0 Å². The van der Waals surface area contributed by atoms with E-state index in [-0.39, 0.29) is 23.7 Å². The summed E-state index contributed by atoms with van der Waals surface area (Å²) in [5.74, 6) is 0. The Kier molecular flexibility index (Phi) is 79.5. The van der Waals surface area contributed by atoms with Crippen LogP contribution in [0.3, 0.4) is 0 Å². The number of carbonyl (C=O) groups excluding carboxylic acids is 1. The van der Waals surface area contributed by atoms with Gasteiger partial charge in [0.1, 0.15) is 0 Å². The molecular weight excluding hydrogens is 224 g/mol. The van der Waals surface area contributed by atoms with Gasteiger partial charge in [0.15, 0.2) is 0 Å². The van der Waals surface area contributed by atoms with Crippen LogP contribution in [0.15, 0.2) is 12.7 Å². The van der Waals surface area contributed by atoms with Crippen LogP contribution in [0, 0.1) is 0 Å². The topological polar surface area (TPSA) is 101 Å². The zero-order chi connectivity index (χ0) is 10.2. The van der Waals surface area contributed by atoms with E-state index in [1.165, 1.54) is 12.5 Å². The Morgan fingerprint density at radius 2 is 1.54 bits per heavy atom. The van der Waals surface area contributed by atoms with Gasteiger partial charge in [-0.1, -0.05) is 32.1 Å². The molecule has 2 N–H and O–H groups in total. The maximum Gasteiger partial charge on any atom is 3.00 e. The van der Waals surface area contributed by atoms with Crippen molar-refractivity contribution in [3.63, 3.8) is 0 Å². The van der Waals surface area contributed by atoms with Crippen molar-refractivity contribution in [2.24, 2.45) is 0 Å². The van der Waals surface area contributed by atoms with Crippen LogP contribution in [0.5, 0.6) is 0 Å². The van der Waals surface area contributed by atoms with E-state index < -0.39 is 0 Å². The number of hydrogen-bond donors (Lipinski definition) is 2. The Labute approximate surface area is 85.7 Å². The fourth-order valence-corrected chi connectivity index (χ4v) is 0.0929. The summed E-state index contributed by atoms with van der Waals surface area (Å²) in [6.45, 7) is 5.80. The van der Waals surface area contributed by atoms with Gasteiger partial charge in [0.2, 0.25) is 0 Å². The predicted molar refractivity (Wildman–Crippen MR) is 38.5 cm³/mol. The van der Waals surface area contributed by atoms with E-state index in [1.807, 2.05) is 0 Å². The first kappa shape index (κ1) is 22.6. The summed E-state index contributed by atoms with van der Waals surface area (Å²) in [4.78, 5) is 25.6. The molecule has 0 saturated carbocycles. The number of rotatable bonds is 3. The molecule has 0 aliphatic carbocycles. The fraction of sp³-hybridized carbons (Fsp3) is 0.167. The maximum atomic E-state index is 9.17. The van der Waals surface area contributed by atoms with Crippen LogP contribution in [0.25, 0.3) is 0 Å². The molecule has 0 atom stereocenters. The SMILES string of the molecule is C=CCO[C-]=O.O=[C-]O.O=[C-]O.[Fe+3]. The average molecular weight is 231 g/mol. The Balaban J connectivity index is -0.0000000501. The molecule has 0 spiro atoms. The van der Waals surface area contributed by atoms with Crippen molar-refractivity contribution in [3.05, 3.63) is 12.7 Å². The quantitative estimate of drug-likeness (QED) is 0.293. The summed E-state index contributed by atoms with van der Waals surface area (Å²) in [6, 6.07) is 0. The first-order chi connectivity index (χ1) is 5.74. The second-order valence-corrected chi connectivity index (χ2v) is 0.866. The van der Waals surface area contributed by atoms with E-state index in [0.717, 1.165) is 0 Å². The molecule has 0 amide bonds. The van der Waals surface area contributed by atoms with Gasteiger partial charge in [-0.15, -0.1) is 0 Å². The van der Waals surface area contributed by atoms with Gasteiger partial charge in [-0.05, 0) is 0 Å². The van der Waals surface area contributed by atoms with Gasteiger partial charge in [0.25, 0.3) is 0 Å². The Morgan fingerprint density at radius 3 is 1.62 bits per heavy atom. The van der Waals surface area contributed by atoms with Crippen molar-refractivity contribution in [1.82, 2.24) is 0 Å². The van der Waals surface area contributed by atoms with Crippen LogP contribution in [-0.2, 0) is 36.2 Å². The molecule has 0 aliphatic rings. The molecule has 0 fully saturated rings. The summed E-state index contributed by atoms with van der Waals surface area (Å²) < 4.78 is 4.06. The number of aliphatic hydroxyl groups excluding tert-OH is 2. The third-order valence-electron chi connectivity index (χ3n) is 0.260. The molecule has 6 nitrogen and oxygen atoms in total. The Bertz CT molecular complexity index is 102. The minimum atomic E-state index is 0. The second kappa shape index (κ2) is 45.8. The summed E-state index contributed by atoms with van der Waals surface area (Å²) >= 11 is 0. The van der Waals surface area contributed by atoms with Crippen LogP contribution in [0.4, 0.5) is 0 Å². The van der Waals surface area contributed by atoms with Crippen LogP contribution in [-0.4, -0.2) is 36.2 Å². The summed E-state index contributed by atoms with van der Waals surface area (Å²) in [7, 11) is 0. The maximum absolute atomic E-state index is 9.17. The molecule has 0 aromatic heterocycles. The van der Waals surface area contributed by atoms with Crippen LogP contribution >= 0.6 is 0 Å². The third kappa shape index (κ3) is 288. The molecular formula is C6H7FeO6. The summed E-state index contributed by atoms with van der Waals surface area (Å²) in [6.07, 6.45) is 1.48. The average Bonchev–Trinajstić information content (AvgIpc) is 2.04. The van der Waals surface area contributed by atoms with Crippen molar-refractivity contribution >= 4 is 19.4 Å². The first-order valence-corrected chi connectivity index (χ1v) is 2.37.